The molecule has 0 aromatic heterocycles. The Morgan fingerprint density at radius 1 is 1.33 bits per heavy atom. The molecule has 3 nitrogen and oxygen atoms in total. The number of benzene rings is 1. The molecule has 1 fully saturated rings. The van der Waals surface area contributed by atoms with Crippen molar-refractivity contribution < 1.29 is 9.13 Å². The van der Waals surface area contributed by atoms with E-state index >= 15 is 0 Å². The number of hydrogen-bond donors (Lipinski definition) is 1. The second kappa shape index (κ2) is 4.59. The van der Waals surface area contributed by atoms with Crippen LogP contribution < -0.4 is 10.6 Å². The Kier molecular flexibility index (Phi) is 3.18. The third kappa shape index (κ3) is 2.27. The number of ether oxygens (including phenoxy) is 1. The number of nitrogens with zero attached hydrogens (tertiary/aromatic N) is 1. The van der Waals surface area contributed by atoms with Gasteiger partial charge in [0, 0.05) is 18.8 Å². The number of halogens is 1. The van der Waals surface area contributed by atoms with Gasteiger partial charge in [0.05, 0.1) is 19.3 Å². The highest BCUT2D eigenvalue weighted by Gasteiger charge is 2.25. The average Bonchev–Trinajstić information content (AvgIpc) is 2.16. The van der Waals surface area contributed by atoms with E-state index in [0.717, 1.165) is 25.4 Å². The van der Waals surface area contributed by atoms with Crippen LogP contribution in [0, 0.1) is 5.82 Å². The third-order valence-electron chi connectivity index (χ3n) is 2.59. The zero-order valence-electron chi connectivity index (χ0n) is 8.53. The number of nitrogens with two attached hydrogens (primary N) is 1. The standard InChI is InChI=1S/C11H15FN2O/c12-9-1-3-10(4-2-9)14(6-5-13)11-7-15-8-11/h1-4,11H,5-8,13H2. The van der Waals surface area contributed by atoms with Crippen molar-refractivity contribution in [1.29, 1.82) is 0 Å². The second-order valence-corrected chi connectivity index (χ2v) is 3.65. The molecule has 2 N–H and O–H groups in total. The molecule has 0 bridgehead atoms. The van der Waals surface area contributed by atoms with Crippen molar-refractivity contribution in [2.75, 3.05) is 31.2 Å². The van der Waals surface area contributed by atoms with Gasteiger partial charge < -0.3 is 15.4 Å². The summed E-state index contributed by atoms with van der Waals surface area (Å²) >= 11 is 0. The van der Waals surface area contributed by atoms with Crippen LogP contribution in [0.1, 0.15) is 0 Å². The minimum Gasteiger partial charge on any atom is -0.377 e. The lowest BCUT2D eigenvalue weighted by atomic mass is 10.1. The van der Waals surface area contributed by atoms with Gasteiger partial charge in [-0.15, -0.1) is 0 Å². The quantitative estimate of drug-likeness (QED) is 0.805. The number of anilines is 1. The maximum Gasteiger partial charge on any atom is 0.123 e. The van der Waals surface area contributed by atoms with Crippen molar-refractivity contribution >= 4 is 5.69 Å². The van der Waals surface area contributed by atoms with E-state index < -0.39 is 0 Å². The van der Waals surface area contributed by atoms with Gasteiger partial charge in [-0.05, 0) is 24.3 Å². The fraction of sp³-hybridized carbons (Fsp3) is 0.455. The van der Waals surface area contributed by atoms with Crippen LogP contribution in [0.3, 0.4) is 0 Å². The Bertz CT molecular complexity index is 311. The lowest BCUT2D eigenvalue weighted by Gasteiger charge is -2.38. The molecule has 0 aliphatic carbocycles. The molecule has 15 heavy (non-hydrogen) atoms. The summed E-state index contributed by atoms with van der Waals surface area (Å²) in [7, 11) is 0. The van der Waals surface area contributed by atoms with E-state index in [0.29, 0.717) is 12.6 Å². The zero-order valence-corrected chi connectivity index (χ0v) is 8.53. The van der Waals surface area contributed by atoms with Crippen LogP contribution in [0.5, 0.6) is 0 Å². The van der Waals surface area contributed by atoms with Crippen LogP contribution >= 0.6 is 0 Å². The molecule has 1 aromatic rings. The molecule has 0 radical (unpaired) electrons. The van der Waals surface area contributed by atoms with Gasteiger partial charge in [-0.25, -0.2) is 4.39 Å². The minimum atomic E-state index is -0.212. The van der Waals surface area contributed by atoms with Gasteiger partial charge in [0.15, 0.2) is 0 Å². The first-order valence-corrected chi connectivity index (χ1v) is 5.11. The molecule has 1 aliphatic rings. The molecule has 0 amide bonds. The van der Waals surface area contributed by atoms with E-state index in [4.69, 9.17) is 10.5 Å². The first-order valence-electron chi connectivity index (χ1n) is 5.11. The van der Waals surface area contributed by atoms with Crippen LogP contribution in [0.15, 0.2) is 24.3 Å². The molecule has 0 atom stereocenters. The van der Waals surface area contributed by atoms with E-state index in [9.17, 15) is 4.39 Å². The topological polar surface area (TPSA) is 38.5 Å². The molecule has 0 saturated carbocycles. The molecule has 2 rings (SSSR count). The average molecular weight is 210 g/mol. The van der Waals surface area contributed by atoms with Crippen molar-refractivity contribution in [3.05, 3.63) is 30.1 Å². The molecule has 0 spiro atoms. The van der Waals surface area contributed by atoms with Crippen LogP contribution in [0.4, 0.5) is 10.1 Å². The summed E-state index contributed by atoms with van der Waals surface area (Å²) in [6, 6.07) is 6.89. The van der Waals surface area contributed by atoms with Crippen molar-refractivity contribution in [1.82, 2.24) is 0 Å². The summed E-state index contributed by atoms with van der Waals surface area (Å²) in [5.41, 5.74) is 6.57. The van der Waals surface area contributed by atoms with Gasteiger partial charge in [0.1, 0.15) is 5.82 Å². The maximum atomic E-state index is 12.8. The maximum absolute atomic E-state index is 12.8. The van der Waals surface area contributed by atoms with E-state index in [-0.39, 0.29) is 5.82 Å². The monoisotopic (exact) mass is 210 g/mol. The van der Waals surface area contributed by atoms with E-state index in [1.807, 2.05) is 0 Å². The van der Waals surface area contributed by atoms with Crippen LogP contribution in [0.2, 0.25) is 0 Å². The molecule has 1 heterocycles. The molecular weight excluding hydrogens is 195 g/mol. The normalized spacial score (nSPS) is 16.1. The Balaban J connectivity index is 2.12. The van der Waals surface area contributed by atoms with Crippen LogP contribution in [0.25, 0.3) is 0 Å². The predicted molar refractivity (Wildman–Crippen MR) is 57.4 cm³/mol. The highest BCUT2D eigenvalue weighted by atomic mass is 19.1. The van der Waals surface area contributed by atoms with Gasteiger partial charge in [0.2, 0.25) is 0 Å². The van der Waals surface area contributed by atoms with Gasteiger partial charge in [-0.3, -0.25) is 0 Å². The molecular formula is C11H15FN2O. The third-order valence-corrected chi connectivity index (χ3v) is 2.59. The van der Waals surface area contributed by atoms with Gasteiger partial charge in [-0.1, -0.05) is 0 Å². The summed E-state index contributed by atoms with van der Waals surface area (Å²) in [6.07, 6.45) is 0. The highest BCUT2D eigenvalue weighted by molar-refractivity contribution is 5.47. The van der Waals surface area contributed by atoms with Crippen molar-refractivity contribution in [3.8, 4) is 0 Å². The molecule has 1 aromatic carbocycles. The Morgan fingerprint density at radius 2 is 2.00 bits per heavy atom. The number of rotatable bonds is 4. The molecule has 1 saturated heterocycles. The van der Waals surface area contributed by atoms with E-state index in [2.05, 4.69) is 4.90 Å². The van der Waals surface area contributed by atoms with Gasteiger partial charge >= 0.3 is 0 Å². The van der Waals surface area contributed by atoms with Gasteiger partial charge in [0.25, 0.3) is 0 Å². The minimum absolute atomic E-state index is 0.212. The first-order chi connectivity index (χ1) is 7.31. The summed E-state index contributed by atoms with van der Waals surface area (Å²) < 4.78 is 17.9. The van der Waals surface area contributed by atoms with Crippen molar-refractivity contribution in [2.24, 2.45) is 5.73 Å². The van der Waals surface area contributed by atoms with Gasteiger partial charge in [-0.2, -0.15) is 0 Å². The highest BCUT2D eigenvalue weighted by Crippen LogP contribution is 2.20. The molecule has 4 heteroatoms. The number of hydrogen-bond acceptors (Lipinski definition) is 3. The van der Waals surface area contributed by atoms with Crippen LogP contribution in [-0.4, -0.2) is 32.3 Å². The summed E-state index contributed by atoms with van der Waals surface area (Å²) in [5.74, 6) is -0.212. The van der Waals surface area contributed by atoms with Crippen molar-refractivity contribution in [2.45, 2.75) is 6.04 Å². The predicted octanol–water partition coefficient (Wildman–Crippen LogP) is 0.990. The van der Waals surface area contributed by atoms with E-state index in [1.165, 1.54) is 12.1 Å². The smallest absolute Gasteiger partial charge is 0.123 e. The zero-order chi connectivity index (χ0) is 10.7. The molecule has 1 aliphatic heterocycles. The first kappa shape index (κ1) is 10.4. The molecule has 82 valence electrons. The van der Waals surface area contributed by atoms with Crippen molar-refractivity contribution in [3.63, 3.8) is 0 Å². The summed E-state index contributed by atoms with van der Waals surface area (Å²) in [6.45, 7) is 2.84. The molecule has 0 unspecified atom stereocenters. The fourth-order valence-corrected chi connectivity index (χ4v) is 1.70. The van der Waals surface area contributed by atoms with E-state index in [1.54, 1.807) is 12.1 Å². The second-order valence-electron chi connectivity index (χ2n) is 3.65. The summed E-state index contributed by atoms with van der Waals surface area (Å²) in [5, 5.41) is 0. The van der Waals surface area contributed by atoms with Crippen LogP contribution in [-0.2, 0) is 4.74 Å². The Labute approximate surface area is 88.6 Å². The lowest BCUT2D eigenvalue weighted by molar-refractivity contribution is 0.00831. The largest absolute Gasteiger partial charge is 0.377 e. The Hall–Kier alpha value is -1.13. The fourth-order valence-electron chi connectivity index (χ4n) is 1.70. The Morgan fingerprint density at radius 3 is 2.47 bits per heavy atom. The SMILES string of the molecule is NCCN(c1ccc(F)cc1)C1COC1. The lowest BCUT2D eigenvalue weighted by Crippen LogP contribution is -2.50. The summed E-state index contributed by atoms with van der Waals surface area (Å²) in [4.78, 5) is 2.17.